The highest BCUT2D eigenvalue weighted by Crippen LogP contribution is 2.38. The molecule has 1 N–H and O–H groups in total. The second-order valence-corrected chi connectivity index (χ2v) is 6.75. The summed E-state index contributed by atoms with van der Waals surface area (Å²) in [6, 6.07) is 6.17. The van der Waals surface area contributed by atoms with Crippen LogP contribution in [0.3, 0.4) is 0 Å². The van der Waals surface area contributed by atoms with Crippen LogP contribution in [0.4, 0.5) is 4.79 Å². The van der Waals surface area contributed by atoms with Gasteiger partial charge in [-0.2, -0.15) is 0 Å². The summed E-state index contributed by atoms with van der Waals surface area (Å²) in [6.07, 6.45) is 3.50. The second kappa shape index (κ2) is 5.96. The van der Waals surface area contributed by atoms with E-state index in [1.165, 1.54) is 0 Å². The Balaban J connectivity index is 1.81. The molecule has 1 aliphatic carbocycles. The molecule has 122 valence electrons. The van der Waals surface area contributed by atoms with Crippen molar-refractivity contribution in [3.05, 3.63) is 34.9 Å². The average molecular weight is 335 g/mol. The van der Waals surface area contributed by atoms with Gasteiger partial charge in [-0.1, -0.05) is 43.5 Å². The molecule has 1 saturated heterocycles. The Morgan fingerprint density at radius 1 is 1.35 bits per heavy atom. The van der Waals surface area contributed by atoms with Gasteiger partial charge in [0.1, 0.15) is 5.54 Å². The van der Waals surface area contributed by atoms with Crippen molar-refractivity contribution < 1.29 is 14.4 Å². The van der Waals surface area contributed by atoms with E-state index in [0.29, 0.717) is 17.0 Å². The van der Waals surface area contributed by atoms with Crippen LogP contribution in [-0.2, 0) is 4.79 Å². The lowest BCUT2D eigenvalue weighted by Gasteiger charge is -2.36. The zero-order valence-corrected chi connectivity index (χ0v) is 13.7. The predicted octanol–water partition coefficient (Wildman–Crippen LogP) is 3.02. The van der Waals surface area contributed by atoms with Crippen LogP contribution in [0.2, 0.25) is 5.02 Å². The highest BCUT2D eigenvalue weighted by Gasteiger charge is 2.55. The Hall–Kier alpha value is -1.88. The third kappa shape index (κ3) is 2.63. The summed E-state index contributed by atoms with van der Waals surface area (Å²) in [5.74, 6) is -0.539. The van der Waals surface area contributed by atoms with Crippen LogP contribution in [0.15, 0.2) is 24.3 Å². The van der Waals surface area contributed by atoms with E-state index < -0.39 is 11.6 Å². The van der Waals surface area contributed by atoms with Gasteiger partial charge in [0.15, 0.2) is 5.78 Å². The monoisotopic (exact) mass is 334 g/mol. The molecule has 1 aliphatic heterocycles. The lowest BCUT2D eigenvalue weighted by molar-refractivity contribution is -0.133. The fourth-order valence-corrected chi connectivity index (χ4v) is 3.80. The van der Waals surface area contributed by atoms with Gasteiger partial charge < -0.3 is 5.32 Å². The summed E-state index contributed by atoms with van der Waals surface area (Å²) in [7, 11) is 0. The van der Waals surface area contributed by atoms with Gasteiger partial charge in [-0.15, -0.1) is 0 Å². The fraction of sp³-hybridized carbons (Fsp3) is 0.471. The van der Waals surface area contributed by atoms with Crippen molar-refractivity contribution in [1.82, 2.24) is 10.2 Å². The molecular formula is C17H19ClN2O3. The minimum absolute atomic E-state index is 0.0770. The van der Waals surface area contributed by atoms with Crippen molar-refractivity contribution >= 4 is 29.3 Å². The van der Waals surface area contributed by atoms with Crippen molar-refractivity contribution in [1.29, 1.82) is 0 Å². The number of Topliss-reactive ketones (excluding diaryl/α,β-unsaturated/α-hetero) is 1. The number of ketones is 1. The van der Waals surface area contributed by atoms with Crippen molar-refractivity contribution in [2.75, 3.05) is 6.54 Å². The van der Waals surface area contributed by atoms with Gasteiger partial charge in [-0.3, -0.25) is 14.5 Å². The smallest absolute Gasteiger partial charge is 0.323 e. The van der Waals surface area contributed by atoms with E-state index in [2.05, 4.69) is 5.32 Å². The first-order chi connectivity index (χ1) is 11.0. The van der Waals surface area contributed by atoms with E-state index in [1.54, 1.807) is 24.3 Å². The fourth-order valence-electron chi connectivity index (χ4n) is 3.56. The van der Waals surface area contributed by atoms with E-state index in [0.717, 1.165) is 24.2 Å². The molecular weight excluding hydrogens is 316 g/mol. The Morgan fingerprint density at radius 3 is 2.78 bits per heavy atom. The minimum atomic E-state index is -0.837. The molecule has 0 unspecified atom stereocenters. The molecule has 3 amide bonds. The maximum Gasteiger partial charge on any atom is 0.325 e. The van der Waals surface area contributed by atoms with E-state index in [9.17, 15) is 14.4 Å². The molecule has 1 saturated carbocycles. The van der Waals surface area contributed by atoms with Crippen LogP contribution in [0, 0.1) is 5.92 Å². The molecule has 1 spiro atoms. The number of benzene rings is 1. The molecule has 1 heterocycles. The Morgan fingerprint density at radius 2 is 2.09 bits per heavy atom. The molecule has 3 rings (SSSR count). The van der Waals surface area contributed by atoms with Gasteiger partial charge in [0.2, 0.25) is 0 Å². The second-order valence-electron chi connectivity index (χ2n) is 6.34. The zero-order valence-electron chi connectivity index (χ0n) is 13.0. The summed E-state index contributed by atoms with van der Waals surface area (Å²) < 4.78 is 0. The number of nitrogens with one attached hydrogen (secondary N) is 1. The maximum absolute atomic E-state index is 12.8. The van der Waals surface area contributed by atoms with E-state index in [1.807, 2.05) is 6.92 Å². The largest absolute Gasteiger partial charge is 0.325 e. The highest BCUT2D eigenvalue weighted by atomic mass is 35.5. The Kier molecular flexibility index (Phi) is 4.15. The number of urea groups is 1. The standard InChI is InChI=1S/C17H19ClN2O3/c1-11-6-4-5-9-17(11)15(22)20(16(23)19-17)10-14(21)12-7-2-3-8-13(12)18/h2-3,7-8,11H,4-6,9-10H2,1H3,(H,19,23)/t11-,17-/m1/s1. The SMILES string of the molecule is C[C@@H]1CCCC[C@@]12NC(=O)N(CC(=O)c1ccccc1Cl)C2=O. The van der Waals surface area contributed by atoms with Crippen LogP contribution in [0.5, 0.6) is 0 Å². The number of carbonyl (C=O) groups is 3. The molecule has 2 atom stereocenters. The minimum Gasteiger partial charge on any atom is -0.323 e. The number of hydrogen-bond donors (Lipinski definition) is 1. The first-order valence-corrected chi connectivity index (χ1v) is 8.25. The molecule has 1 aromatic carbocycles. The number of hydrogen-bond acceptors (Lipinski definition) is 3. The molecule has 1 aromatic rings. The van der Waals surface area contributed by atoms with E-state index >= 15 is 0 Å². The lowest BCUT2D eigenvalue weighted by atomic mass is 9.73. The van der Waals surface area contributed by atoms with Gasteiger partial charge in [0.05, 0.1) is 11.6 Å². The first-order valence-electron chi connectivity index (χ1n) is 7.87. The van der Waals surface area contributed by atoms with Crippen molar-refractivity contribution in [2.24, 2.45) is 5.92 Å². The van der Waals surface area contributed by atoms with Crippen molar-refractivity contribution in [2.45, 2.75) is 38.1 Å². The Labute approximate surface area is 140 Å². The summed E-state index contributed by atoms with van der Waals surface area (Å²) >= 11 is 6.02. The molecule has 5 nitrogen and oxygen atoms in total. The first kappa shape index (κ1) is 16.0. The molecule has 0 aromatic heterocycles. The summed E-state index contributed by atoms with van der Waals surface area (Å²) in [5, 5.41) is 3.17. The highest BCUT2D eigenvalue weighted by molar-refractivity contribution is 6.34. The number of rotatable bonds is 3. The van der Waals surface area contributed by atoms with Crippen molar-refractivity contribution in [3.8, 4) is 0 Å². The van der Waals surface area contributed by atoms with Gasteiger partial charge in [-0.25, -0.2) is 4.79 Å². The summed E-state index contributed by atoms with van der Waals surface area (Å²) in [5.41, 5.74) is -0.511. The topological polar surface area (TPSA) is 66.5 Å². The van der Waals surface area contributed by atoms with E-state index in [4.69, 9.17) is 11.6 Å². The third-order valence-electron chi connectivity index (χ3n) is 4.98. The molecule has 2 fully saturated rings. The van der Waals surface area contributed by atoms with Crippen LogP contribution in [0.25, 0.3) is 0 Å². The van der Waals surface area contributed by atoms with E-state index in [-0.39, 0.29) is 24.2 Å². The number of amides is 3. The van der Waals surface area contributed by atoms with Crippen LogP contribution >= 0.6 is 11.6 Å². The maximum atomic E-state index is 12.8. The van der Waals surface area contributed by atoms with Crippen LogP contribution in [0.1, 0.15) is 43.0 Å². The van der Waals surface area contributed by atoms with Gasteiger partial charge in [0.25, 0.3) is 5.91 Å². The number of carbonyl (C=O) groups excluding carboxylic acids is 3. The molecule has 6 heteroatoms. The van der Waals surface area contributed by atoms with Gasteiger partial charge in [0, 0.05) is 5.56 Å². The Bertz CT molecular complexity index is 676. The number of halogens is 1. The van der Waals surface area contributed by atoms with Crippen molar-refractivity contribution in [3.63, 3.8) is 0 Å². The predicted molar refractivity (Wildman–Crippen MR) is 86.4 cm³/mol. The molecule has 2 aliphatic rings. The quantitative estimate of drug-likeness (QED) is 0.682. The summed E-state index contributed by atoms with van der Waals surface area (Å²) in [6.45, 7) is 1.71. The zero-order chi connectivity index (χ0) is 16.6. The van der Waals surface area contributed by atoms with Crippen LogP contribution in [-0.4, -0.2) is 34.7 Å². The molecule has 0 radical (unpaired) electrons. The number of imide groups is 1. The summed E-state index contributed by atoms with van der Waals surface area (Å²) in [4.78, 5) is 38.5. The van der Waals surface area contributed by atoms with Gasteiger partial charge in [-0.05, 0) is 30.9 Å². The average Bonchev–Trinajstić information content (AvgIpc) is 2.76. The molecule has 0 bridgehead atoms. The van der Waals surface area contributed by atoms with Crippen LogP contribution < -0.4 is 5.32 Å². The third-order valence-corrected chi connectivity index (χ3v) is 5.31. The number of nitrogens with zero attached hydrogens (tertiary/aromatic N) is 1. The normalized spacial score (nSPS) is 27.4. The van der Waals surface area contributed by atoms with Gasteiger partial charge >= 0.3 is 6.03 Å². The lowest BCUT2D eigenvalue weighted by Crippen LogP contribution is -2.54. The molecule has 23 heavy (non-hydrogen) atoms.